The minimum Gasteiger partial charge on any atom is -0.456 e. The van der Waals surface area contributed by atoms with Crippen molar-refractivity contribution in [1.29, 1.82) is 0 Å². The minimum absolute atomic E-state index is 0.512. The van der Waals surface area contributed by atoms with Gasteiger partial charge < -0.3 is 8.83 Å². The summed E-state index contributed by atoms with van der Waals surface area (Å²) in [6.45, 7) is 0. The van der Waals surface area contributed by atoms with Gasteiger partial charge in [0, 0.05) is 54.2 Å². The number of benzene rings is 11. The van der Waals surface area contributed by atoms with Gasteiger partial charge in [-0.3, -0.25) is 9.13 Å². The van der Waals surface area contributed by atoms with Crippen molar-refractivity contribution in [2.75, 3.05) is 0 Å². The van der Waals surface area contributed by atoms with Crippen LogP contribution in [-0.2, 0) is 0 Å². The van der Waals surface area contributed by atoms with Gasteiger partial charge in [0.15, 0.2) is 5.82 Å². The van der Waals surface area contributed by atoms with E-state index in [1.54, 1.807) is 0 Å². The number of rotatable bonds is 7. The van der Waals surface area contributed by atoms with E-state index >= 15 is 0 Å². The van der Waals surface area contributed by atoms with Crippen molar-refractivity contribution in [3.05, 3.63) is 249 Å². The predicted molar refractivity (Wildman–Crippen MR) is 310 cm³/mol. The second kappa shape index (κ2) is 16.6. The van der Waals surface area contributed by atoms with Crippen LogP contribution in [0.1, 0.15) is 0 Å². The molecule has 11 aromatic carbocycles. The Hall–Kier alpha value is -10.4. The molecule has 0 saturated heterocycles. The van der Waals surface area contributed by atoms with Crippen molar-refractivity contribution in [2.45, 2.75) is 0 Å². The molecule has 0 aliphatic heterocycles. The smallest absolute Gasteiger partial charge is 0.240 e. The SMILES string of the molecule is c1ccc(-c2cccc(-c3nc(-n4c5ccccc5c5cc(-c6ccc7oc8ccccc8c7c6)ccc54)nc(-n4c5ccccc5c5cc(-c6ccc7oc8ccccc8c7c6)ccc54)n3)c2-c2ccccc2)cc1. The molecule has 76 heavy (non-hydrogen) atoms. The van der Waals surface area contributed by atoms with Gasteiger partial charge in [0.1, 0.15) is 22.3 Å². The van der Waals surface area contributed by atoms with Crippen molar-refractivity contribution in [1.82, 2.24) is 24.1 Å². The molecule has 0 spiro atoms. The van der Waals surface area contributed by atoms with Crippen LogP contribution in [0.2, 0.25) is 0 Å². The van der Waals surface area contributed by atoms with E-state index in [-0.39, 0.29) is 0 Å². The topological polar surface area (TPSA) is 74.8 Å². The lowest BCUT2D eigenvalue weighted by Gasteiger charge is -2.17. The third-order valence-electron chi connectivity index (χ3n) is 15.2. The van der Waals surface area contributed by atoms with Gasteiger partial charge in [0.25, 0.3) is 0 Å². The van der Waals surface area contributed by atoms with Crippen molar-refractivity contribution in [2.24, 2.45) is 0 Å². The fourth-order valence-corrected chi connectivity index (χ4v) is 11.7. The molecule has 7 heteroatoms. The standard InChI is InChI=1S/C69H41N5O2/c1-3-16-42(17-4-1)48-24-15-25-53(66(48)43-18-5-2-6-19-43)67-70-68(73-58-26-11-7-20-49(58)54-38-44(30-34-60(54)73)46-32-36-64-56(40-46)51-22-9-13-28-62(51)75-64)72-69(71-67)74-59-27-12-8-21-50(59)55-39-45(31-35-61(55)74)47-33-37-65-57(41-47)52-23-10-14-29-63(52)76-65/h1-41H. The Bertz CT molecular complexity index is 4750. The summed E-state index contributed by atoms with van der Waals surface area (Å²) in [7, 11) is 0. The Balaban J connectivity index is 0.942. The van der Waals surface area contributed by atoms with E-state index in [1.807, 2.05) is 24.3 Å². The Kier molecular flexibility index (Phi) is 9.20. The first-order valence-corrected chi connectivity index (χ1v) is 25.6. The fraction of sp³-hybridized carbons (Fsp3) is 0. The highest BCUT2D eigenvalue weighted by Gasteiger charge is 2.24. The van der Waals surface area contributed by atoms with Gasteiger partial charge >= 0.3 is 0 Å². The summed E-state index contributed by atoms with van der Waals surface area (Å²) < 4.78 is 16.9. The van der Waals surface area contributed by atoms with Gasteiger partial charge in [-0.15, -0.1) is 0 Å². The lowest BCUT2D eigenvalue weighted by Crippen LogP contribution is -2.10. The second-order valence-electron chi connectivity index (χ2n) is 19.5. The van der Waals surface area contributed by atoms with Gasteiger partial charge in [0.05, 0.1) is 22.1 Å². The number of hydrogen-bond acceptors (Lipinski definition) is 5. The number of aromatic nitrogens is 5. The number of fused-ring (bicyclic) bond motifs is 12. The summed E-state index contributed by atoms with van der Waals surface area (Å²) >= 11 is 0. The van der Waals surface area contributed by atoms with Gasteiger partial charge in [0.2, 0.25) is 11.9 Å². The summed E-state index contributed by atoms with van der Waals surface area (Å²) in [6, 6.07) is 87.6. The molecule has 0 radical (unpaired) electrons. The molecule has 0 aliphatic rings. The lowest BCUT2D eigenvalue weighted by molar-refractivity contribution is 0.668. The molecule has 16 rings (SSSR count). The Labute approximate surface area is 434 Å². The molecule has 7 nitrogen and oxygen atoms in total. The Morgan fingerprint density at radius 1 is 0.250 bits per heavy atom. The molecule has 0 fully saturated rings. The van der Waals surface area contributed by atoms with Crippen LogP contribution >= 0.6 is 0 Å². The van der Waals surface area contributed by atoms with Crippen molar-refractivity contribution >= 4 is 87.5 Å². The first kappa shape index (κ1) is 42.2. The molecular formula is C69H41N5O2. The van der Waals surface area contributed by atoms with E-state index in [9.17, 15) is 0 Å². The second-order valence-corrected chi connectivity index (χ2v) is 19.5. The first-order valence-electron chi connectivity index (χ1n) is 25.6. The molecule has 0 amide bonds. The minimum atomic E-state index is 0.512. The molecule has 0 bridgehead atoms. The van der Waals surface area contributed by atoms with Crippen LogP contribution in [0.5, 0.6) is 0 Å². The number of furan rings is 2. The molecular weight excluding hydrogens is 931 g/mol. The van der Waals surface area contributed by atoms with E-state index in [2.05, 4.69) is 234 Å². The zero-order valence-corrected chi connectivity index (χ0v) is 40.7. The maximum atomic E-state index is 6.23. The van der Waals surface area contributed by atoms with Gasteiger partial charge in [-0.2, -0.15) is 15.0 Å². The van der Waals surface area contributed by atoms with Gasteiger partial charge in [-0.25, -0.2) is 0 Å². The number of hydrogen-bond donors (Lipinski definition) is 0. The molecule has 0 saturated carbocycles. The zero-order valence-electron chi connectivity index (χ0n) is 40.7. The van der Waals surface area contributed by atoms with Crippen LogP contribution in [0, 0.1) is 0 Å². The van der Waals surface area contributed by atoms with Crippen LogP contribution in [0.3, 0.4) is 0 Å². The molecule has 354 valence electrons. The summed E-state index contributed by atoms with van der Waals surface area (Å²) in [5.41, 5.74) is 17.1. The Morgan fingerprint density at radius 2 is 0.645 bits per heavy atom. The molecule has 5 heterocycles. The highest BCUT2D eigenvalue weighted by atomic mass is 16.3. The quantitative estimate of drug-likeness (QED) is 0.159. The molecule has 0 unspecified atom stereocenters. The summed E-state index contributed by atoms with van der Waals surface area (Å²) in [5.74, 6) is 1.58. The molecule has 5 aromatic heterocycles. The lowest BCUT2D eigenvalue weighted by atomic mass is 9.90. The zero-order chi connectivity index (χ0) is 49.8. The molecule has 0 aliphatic carbocycles. The van der Waals surface area contributed by atoms with Gasteiger partial charge in [-0.05, 0) is 112 Å². The van der Waals surface area contributed by atoms with Crippen LogP contribution in [0.25, 0.3) is 155 Å². The summed E-state index contributed by atoms with van der Waals surface area (Å²) in [4.78, 5) is 16.7. The average molecular weight is 972 g/mol. The van der Waals surface area contributed by atoms with Crippen LogP contribution < -0.4 is 0 Å². The average Bonchev–Trinajstić information content (AvgIpc) is 4.30. The molecule has 16 aromatic rings. The summed E-state index contributed by atoms with van der Waals surface area (Å²) in [5, 5.41) is 8.78. The van der Waals surface area contributed by atoms with E-state index in [4.69, 9.17) is 23.8 Å². The van der Waals surface area contributed by atoms with Gasteiger partial charge in [-0.1, -0.05) is 176 Å². The van der Waals surface area contributed by atoms with E-state index in [0.717, 1.165) is 138 Å². The van der Waals surface area contributed by atoms with Crippen molar-refractivity contribution < 1.29 is 8.83 Å². The van der Waals surface area contributed by atoms with E-state index in [1.165, 1.54) is 0 Å². The molecule has 0 atom stereocenters. The Morgan fingerprint density at radius 3 is 1.17 bits per heavy atom. The largest absolute Gasteiger partial charge is 0.456 e. The summed E-state index contributed by atoms with van der Waals surface area (Å²) in [6.07, 6.45) is 0. The van der Waals surface area contributed by atoms with Crippen LogP contribution in [-0.4, -0.2) is 24.1 Å². The van der Waals surface area contributed by atoms with Crippen LogP contribution in [0.4, 0.5) is 0 Å². The first-order chi connectivity index (χ1) is 37.7. The monoisotopic (exact) mass is 971 g/mol. The number of nitrogens with zero attached hydrogens (tertiary/aromatic N) is 5. The van der Waals surface area contributed by atoms with Crippen LogP contribution in [0.15, 0.2) is 258 Å². The number of para-hydroxylation sites is 4. The fourth-order valence-electron chi connectivity index (χ4n) is 11.7. The predicted octanol–water partition coefficient (Wildman–Crippen LogP) is 18.2. The normalized spacial score (nSPS) is 11.9. The highest BCUT2D eigenvalue weighted by molar-refractivity contribution is 6.13. The molecule has 0 N–H and O–H groups in total. The third-order valence-corrected chi connectivity index (χ3v) is 15.2. The third kappa shape index (κ3) is 6.52. The highest BCUT2D eigenvalue weighted by Crippen LogP contribution is 2.43. The van der Waals surface area contributed by atoms with Crippen molar-refractivity contribution in [3.63, 3.8) is 0 Å². The van der Waals surface area contributed by atoms with E-state index < -0.39 is 0 Å². The van der Waals surface area contributed by atoms with E-state index in [0.29, 0.717) is 17.7 Å². The maximum absolute atomic E-state index is 6.23. The van der Waals surface area contributed by atoms with Crippen molar-refractivity contribution in [3.8, 4) is 67.8 Å². The maximum Gasteiger partial charge on any atom is 0.240 e.